The highest BCUT2D eigenvalue weighted by atomic mass is 31.2. The van der Waals surface area contributed by atoms with E-state index in [-0.39, 0.29) is 25.7 Å². The molecule has 0 aliphatic rings. The lowest BCUT2D eigenvalue weighted by atomic mass is 10.0. The maximum atomic E-state index is 13.0. The van der Waals surface area contributed by atoms with Crippen molar-refractivity contribution in [3.8, 4) is 0 Å². The Morgan fingerprint density at radius 3 is 0.702 bits per heavy atom. The van der Waals surface area contributed by atoms with Crippen LogP contribution in [0, 0.1) is 0 Å². The van der Waals surface area contributed by atoms with Gasteiger partial charge < -0.3 is 33.8 Å². The number of esters is 4. The Kier molecular flexibility index (Phi) is 58.6. The quantitative estimate of drug-likeness (QED) is 0.0222. The first-order valence-electron chi connectivity index (χ1n) is 34.3. The highest BCUT2D eigenvalue weighted by molar-refractivity contribution is 7.47. The number of carbonyl (C=O) groups is 4. The van der Waals surface area contributed by atoms with Gasteiger partial charge in [-0.3, -0.25) is 37.3 Å². The van der Waals surface area contributed by atoms with Crippen molar-refractivity contribution >= 4 is 39.5 Å². The minimum atomic E-state index is -4.94. The summed E-state index contributed by atoms with van der Waals surface area (Å²) in [5.74, 6) is -2.13. The van der Waals surface area contributed by atoms with E-state index in [0.717, 1.165) is 103 Å². The lowest BCUT2D eigenvalue weighted by Crippen LogP contribution is -2.30. The highest BCUT2D eigenvalue weighted by Gasteiger charge is 2.30. The summed E-state index contributed by atoms with van der Waals surface area (Å²) in [6.45, 7) is 4.86. The standard InChI is InChI=1S/C65H126O17P2/c1-5-9-13-17-21-25-27-29-30-32-34-36-40-44-48-52-65(70)82-61(56-76-63(68)50-46-42-39-35-33-31-28-26-22-18-14-10-6-2)58-80-84(73,74)78-54-59(66)53-77-83(71,72)79-57-60(81-64(69)51-47-43-38-24-20-16-12-8-4)55-75-62(67)49-45-41-37-23-19-15-11-7-3/h59-61,66H,5-58H2,1-4H3,(H,71,72)(H,73,74)/t59-,60+,61+/m0/s1. The van der Waals surface area contributed by atoms with Crippen LogP contribution in [0.15, 0.2) is 0 Å². The first-order chi connectivity index (χ1) is 40.7. The lowest BCUT2D eigenvalue weighted by molar-refractivity contribution is -0.161. The summed E-state index contributed by atoms with van der Waals surface area (Å²) >= 11 is 0. The molecule has 0 radical (unpaired) electrons. The van der Waals surface area contributed by atoms with E-state index in [1.54, 1.807) is 0 Å². The maximum Gasteiger partial charge on any atom is 0.472 e. The molecular formula is C65H126O17P2. The molecule has 0 heterocycles. The number of hydrogen-bond acceptors (Lipinski definition) is 15. The van der Waals surface area contributed by atoms with Crippen LogP contribution in [0.1, 0.15) is 336 Å². The molecule has 19 heteroatoms. The third-order valence-corrected chi connectivity index (χ3v) is 17.0. The second kappa shape index (κ2) is 60.0. The average molecular weight is 1240 g/mol. The van der Waals surface area contributed by atoms with E-state index in [1.807, 2.05) is 0 Å². The van der Waals surface area contributed by atoms with Crippen molar-refractivity contribution < 1.29 is 80.2 Å². The summed E-state index contributed by atoms with van der Waals surface area (Å²) < 4.78 is 67.9. The zero-order valence-corrected chi connectivity index (χ0v) is 55.7. The molecule has 0 aliphatic heterocycles. The van der Waals surface area contributed by atoms with Gasteiger partial charge in [0, 0.05) is 25.7 Å². The minimum absolute atomic E-state index is 0.105. The summed E-state index contributed by atoms with van der Waals surface area (Å²) in [6, 6.07) is 0. The van der Waals surface area contributed by atoms with E-state index in [2.05, 4.69) is 27.7 Å². The van der Waals surface area contributed by atoms with Crippen molar-refractivity contribution in [1.29, 1.82) is 0 Å². The fourth-order valence-corrected chi connectivity index (χ4v) is 11.4. The molecule has 498 valence electrons. The summed E-state index contributed by atoms with van der Waals surface area (Å²) in [7, 11) is -9.88. The van der Waals surface area contributed by atoms with Crippen molar-refractivity contribution in [2.24, 2.45) is 0 Å². The Labute approximate surface area is 511 Å². The van der Waals surface area contributed by atoms with E-state index in [4.69, 9.17) is 37.0 Å². The van der Waals surface area contributed by atoms with Gasteiger partial charge in [0.25, 0.3) is 0 Å². The Balaban J connectivity index is 5.19. The molecule has 0 saturated heterocycles. The van der Waals surface area contributed by atoms with Crippen LogP contribution >= 0.6 is 15.6 Å². The van der Waals surface area contributed by atoms with Gasteiger partial charge >= 0.3 is 39.5 Å². The monoisotopic (exact) mass is 1240 g/mol. The third-order valence-electron chi connectivity index (χ3n) is 15.1. The Hall–Kier alpha value is -1.94. The van der Waals surface area contributed by atoms with Gasteiger partial charge in [0.15, 0.2) is 12.2 Å². The number of rotatable bonds is 66. The fraction of sp³-hybridized carbons (Fsp3) is 0.938. The van der Waals surface area contributed by atoms with Crippen molar-refractivity contribution in [1.82, 2.24) is 0 Å². The summed E-state index contributed by atoms with van der Waals surface area (Å²) in [5.41, 5.74) is 0. The zero-order valence-electron chi connectivity index (χ0n) is 53.9. The molecule has 84 heavy (non-hydrogen) atoms. The van der Waals surface area contributed by atoms with Gasteiger partial charge in [-0.2, -0.15) is 0 Å². The molecule has 0 spiro atoms. The highest BCUT2D eigenvalue weighted by Crippen LogP contribution is 2.45. The van der Waals surface area contributed by atoms with Crippen LogP contribution in [-0.2, 0) is 65.4 Å². The van der Waals surface area contributed by atoms with Crippen molar-refractivity contribution in [2.75, 3.05) is 39.6 Å². The largest absolute Gasteiger partial charge is 0.472 e. The van der Waals surface area contributed by atoms with Crippen molar-refractivity contribution in [3.63, 3.8) is 0 Å². The molecule has 0 bridgehead atoms. The molecule has 0 amide bonds. The molecule has 17 nitrogen and oxygen atoms in total. The lowest BCUT2D eigenvalue weighted by Gasteiger charge is -2.21. The van der Waals surface area contributed by atoms with Crippen LogP contribution in [0.5, 0.6) is 0 Å². The van der Waals surface area contributed by atoms with Crippen LogP contribution in [0.3, 0.4) is 0 Å². The topological polar surface area (TPSA) is 237 Å². The number of ether oxygens (including phenoxy) is 4. The number of aliphatic hydroxyl groups is 1. The molecule has 0 rings (SSSR count). The van der Waals surface area contributed by atoms with Gasteiger partial charge in [-0.1, -0.05) is 285 Å². The molecule has 0 aromatic rings. The molecule has 0 aliphatic carbocycles. The maximum absolute atomic E-state index is 13.0. The summed E-state index contributed by atoms with van der Waals surface area (Å²) in [4.78, 5) is 72.1. The molecule has 5 atom stereocenters. The van der Waals surface area contributed by atoms with Crippen molar-refractivity contribution in [3.05, 3.63) is 0 Å². The molecule has 0 aromatic carbocycles. The minimum Gasteiger partial charge on any atom is -0.462 e. The molecule has 0 fully saturated rings. The van der Waals surface area contributed by atoms with Gasteiger partial charge in [-0.15, -0.1) is 0 Å². The third kappa shape index (κ3) is 59.0. The number of phosphoric ester groups is 2. The van der Waals surface area contributed by atoms with Gasteiger partial charge in [0.2, 0.25) is 0 Å². The van der Waals surface area contributed by atoms with Gasteiger partial charge in [0.05, 0.1) is 26.4 Å². The van der Waals surface area contributed by atoms with Crippen molar-refractivity contribution in [2.45, 2.75) is 354 Å². The predicted molar refractivity (Wildman–Crippen MR) is 335 cm³/mol. The molecule has 0 aromatic heterocycles. The Bertz CT molecular complexity index is 1620. The van der Waals surface area contributed by atoms with E-state index in [9.17, 15) is 43.2 Å². The van der Waals surface area contributed by atoms with E-state index in [0.29, 0.717) is 25.7 Å². The number of carbonyl (C=O) groups excluding carboxylic acids is 4. The van der Waals surface area contributed by atoms with Crippen LogP contribution < -0.4 is 0 Å². The zero-order chi connectivity index (χ0) is 61.9. The first-order valence-corrected chi connectivity index (χ1v) is 37.3. The molecular weight excluding hydrogens is 1110 g/mol. The number of hydrogen-bond donors (Lipinski definition) is 3. The second-order valence-corrected chi connectivity index (χ2v) is 26.4. The molecule has 3 N–H and O–H groups in total. The van der Waals surface area contributed by atoms with E-state index < -0.39 is 97.5 Å². The number of phosphoric acid groups is 2. The van der Waals surface area contributed by atoms with Gasteiger partial charge in [0.1, 0.15) is 19.3 Å². The Morgan fingerprint density at radius 2 is 0.476 bits per heavy atom. The fourth-order valence-electron chi connectivity index (χ4n) is 9.81. The molecule has 0 saturated carbocycles. The van der Waals surface area contributed by atoms with Crippen LogP contribution in [-0.4, -0.2) is 96.7 Å². The predicted octanol–water partition coefficient (Wildman–Crippen LogP) is 18.3. The van der Waals surface area contributed by atoms with Gasteiger partial charge in [-0.05, 0) is 25.7 Å². The first kappa shape index (κ1) is 82.1. The van der Waals surface area contributed by atoms with E-state index in [1.165, 1.54) is 154 Å². The number of aliphatic hydroxyl groups excluding tert-OH is 1. The average Bonchev–Trinajstić information content (AvgIpc) is 3.61. The summed E-state index contributed by atoms with van der Waals surface area (Å²) in [5, 5.41) is 10.5. The smallest absolute Gasteiger partial charge is 0.462 e. The summed E-state index contributed by atoms with van der Waals surface area (Å²) in [6.07, 6.45) is 45.8. The van der Waals surface area contributed by atoms with Crippen LogP contribution in [0.25, 0.3) is 0 Å². The number of unbranched alkanes of at least 4 members (excludes halogenated alkanes) is 40. The Morgan fingerprint density at radius 1 is 0.286 bits per heavy atom. The SMILES string of the molecule is CCCCCCCCCCCCCCCCCC(=O)O[C@H](COC(=O)CCCCCCCCCCCCCCC)COP(=O)(O)OC[C@@H](O)COP(=O)(O)OC[C@@H](COC(=O)CCCCCCCCCC)OC(=O)CCCCCCCCCC. The van der Waals surface area contributed by atoms with Gasteiger partial charge in [-0.25, -0.2) is 9.13 Å². The molecule has 2 unspecified atom stereocenters. The van der Waals surface area contributed by atoms with Crippen LogP contribution in [0.2, 0.25) is 0 Å². The van der Waals surface area contributed by atoms with Crippen LogP contribution in [0.4, 0.5) is 0 Å². The normalized spacial score (nSPS) is 14.1. The van der Waals surface area contributed by atoms with E-state index >= 15 is 0 Å². The second-order valence-electron chi connectivity index (χ2n) is 23.5.